The highest BCUT2D eigenvalue weighted by Gasteiger charge is 2.16. The number of methoxy groups -OCH3 is 1. The standard InChI is InChI=1S/C17H18N2O5/c1-10-7-18-13(11(2)16(10)21-3)8-19-17(20)24-12-4-5-14-15(6-12)23-9-22-14/h4-7H,8-9H2,1-3H3,(H,19,20). The van der Waals surface area contributed by atoms with Crippen molar-refractivity contribution >= 4 is 6.09 Å². The van der Waals surface area contributed by atoms with E-state index in [1.165, 1.54) is 0 Å². The van der Waals surface area contributed by atoms with Crippen LogP contribution in [0.2, 0.25) is 0 Å². The number of hydrogen-bond acceptors (Lipinski definition) is 6. The number of carbonyl (C=O) groups excluding carboxylic acids is 1. The highest BCUT2D eigenvalue weighted by Crippen LogP contribution is 2.35. The molecule has 126 valence electrons. The fourth-order valence-electron chi connectivity index (χ4n) is 2.49. The zero-order valence-corrected chi connectivity index (χ0v) is 13.7. The largest absolute Gasteiger partial charge is 0.496 e. The van der Waals surface area contributed by atoms with E-state index in [2.05, 4.69) is 10.3 Å². The molecule has 7 heteroatoms. The molecule has 0 saturated carbocycles. The molecule has 0 aliphatic carbocycles. The summed E-state index contributed by atoms with van der Waals surface area (Å²) in [5.41, 5.74) is 2.56. The van der Waals surface area contributed by atoms with Crippen LogP contribution in [-0.4, -0.2) is 25.0 Å². The van der Waals surface area contributed by atoms with E-state index in [0.29, 0.717) is 17.2 Å². The van der Waals surface area contributed by atoms with Gasteiger partial charge in [-0.05, 0) is 26.0 Å². The molecule has 1 N–H and O–H groups in total. The molecule has 0 radical (unpaired) electrons. The lowest BCUT2D eigenvalue weighted by molar-refractivity contribution is 0.173. The van der Waals surface area contributed by atoms with Gasteiger partial charge in [0.1, 0.15) is 11.5 Å². The van der Waals surface area contributed by atoms with Gasteiger partial charge in [-0.3, -0.25) is 4.98 Å². The highest BCUT2D eigenvalue weighted by molar-refractivity contribution is 5.70. The van der Waals surface area contributed by atoms with E-state index < -0.39 is 6.09 Å². The van der Waals surface area contributed by atoms with E-state index in [9.17, 15) is 4.79 Å². The average Bonchev–Trinajstić information content (AvgIpc) is 3.02. The Morgan fingerprint density at radius 2 is 2.08 bits per heavy atom. The molecule has 1 aromatic heterocycles. The third-order valence-corrected chi connectivity index (χ3v) is 3.70. The van der Waals surface area contributed by atoms with Gasteiger partial charge in [0.15, 0.2) is 11.5 Å². The highest BCUT2D eigenvalue weighted by atomic mass is 16.7. The normalized spacial score (nSPS) is 12.0. The van der Waals surface area contributed by atoms with Crippen LogP contribution in [0, 0.1) is 13.8 Å². The first-order valence-electron chi connectivity index (χ1n) is 7.43. The third kappa shape index (κ3) is 3.19. The van der Waals surface area contributed by atoms with Crippen LogP contribution in [0.25, 0.3) is 0 Å². The molecule has 0 fully saturated rings. The van der Waals surface area contributed by atoms with Gasteiger partial charge < -0.3 is 24.3 Å². The summed E-state index contributed by atoms with van der Waals surface area (Å²) < 4.78 is 21.0. The fraction of sp³-hybridized carbons (Fsp3) is 0.294. The van der Waals surface area contributed by atoms with Gasteiger partial charge in [0.2, 0.25) is 6.79 Å². The smallest absolute Gasteiger partial charge is 0.412 e. The molecule has 1 amide bonds. The van der Waals surface area contributed by atoms with Gasteiger partial charge in [0.25, 0.3) is 0 Å². The molecule has 1 aliphatic rings. The second kappa shape index (κ2) is 6.66. The summed E-state index contributed by atoms with van der Waals surface area (Å²) in [5, 5.41) is 2.68. The van der Waals surface area contributed by atoms with Crippen molar-refractivity contribution in [3.63, 3.8) is 0 Å². The summed E-state index contributed by atoms with van der Waals surface area (Å²) in [6.07, 6.45) is 1.14. The van der Waals surface area contributed by atoms with E-state index in [1.54, 1.807) is 31.5 Å². The summed E-state index contributed by atoms with van der Waals surface area (Å²) in [4.78, 5) is 16.3. The van der Waals surface area contributed by atoms with E-state index in [1.807, 2.05) is 13.8 Å². The predicted octanol–water partition coefficient (Wildman–Crippen LogP) is 2.72. The summed E-state index contributed by atoms with van der Waals surface area (Å²) in [7, 11) is 1.61. The Hall–Kier alpha value is -2.96. The molecule has 0 bridgehead atoms. The Morgan fingerprint density at radius 3 is 2.88 bits per heavy atom. The minimum Gasteiger partial charge on any atom is -0.496 e. The molecule has 2 aromatic rings. The first kappa shape index (κ1) is 15.9. The molecule has 1 aromatic carbocycles. The molecule has 1 aliphatic heterocycles. The fourth-order valence-corrected chi connectivity index (χ4v) is 2.49. The topological polar surface area (TPSA) is 78.9 Å². The van der Waals surface area contributed by atoms with Crippen molar-refractivity contribution < 1.29 is 23.7 Å². The van der Waals surface area contributed by atoms with Crippen LogP contribution < -0.4 is 24.3 Å². The van der Waals surface area contributed by atoms with Crippen LogP contribution in [-0.2, 0) is 6.54 Å². The van der Waals surface area contributed by atoms with Gasteiger partial charge in [-0.2, -0.15) is 0 Å². The van der Waals surface area contributed by atoms with Crippen LogP contribution in [0.3, 0.4) is 0 Å². The van der Waals surface area contributed by atoms with Crippen molar-refractivity contribution in [2.24, 2.45) is 0 Å². The van der Waals surface area contributed by atoms with Gasteiger partial charge in [-0.15, -0.1) is 0 Å². The summed E-state index contributed by atoms with van der Waals surface area (Å²) in [5.74, 6) is 2.34. The summed E-state index contributed by atoms with van der Waals surface area (Å²) >= 11 is 0. The second-order valence-electron chi connectivity index (χ2n) is 5.30. The van der Waals surface area contributed by atoms with Crippen molar-refractivity contribution in [1.29, 1.82) is 0 Å². The maximum absolute atomic E-state index is 12.0. The Kier molecular flexibility index (Phi) is 4.41. The minimum absolute atomic E-state index is 0.172. The lowest BCUT2D eigenvalue weighted by Gasteiger charge is -2.13. The number of carbonyl (C=O) groups is 1. The molecule has 2 heterocycles. The Balaban J connectivity index is 1.62. The molecule has 0 unspecified atom stereocenters. The third-order valence-electron chi connectivity index (χ3n) is 3.70. The van der Waals surface area contributed by atoms with Crippen molar-refractivity contribution in [2.75, 3.05) is 13.9 Å². The predicted molar refractivity (Wildman–Crippen MR) is 85.7 cm³/mol. The quantitative estimate of drug-likeness (QED) is 0.928. The lowest BCUT2D eigenvalue weighted by atomic mass is 10.1. The Morgan fingerprint density at radius 1 is 1.29 bits per heavy atom. The number of nitrogens with one attached hydrogen (secondary N) is 1. The molecule has 0 atom stereocenters. The van der Waals surface area contributed by atoms with Gasteiger partial charge in [0.05, 0.1) is 19.3 Å². The Bertz CT molecular complexity index is 776. The molecule has 3 rings (SSSR count). The maximum Gasteiger partial charge on any atom is 0.412 e. The summed E-state index contributed by atoms with van der Waals surface area (Å²) in [6, 6.07) is 4.95. The monoisotopic (exact) mass is 330 g/mol. The maximum atomic E-state index is 12.0. The first-order valence-corrected chi connectivity index (χ1v) is 7.43. The van der Waals surface area contributed by atoms with Crippen LogP contribution in [0.4, 0.5) is 4.79 Å². The average molecular weight is 330 g/mol. The van der Waals surface area contributed by atoms with Gasteiger partial charge in [-0.25, -0.2) is 4.79 Å². The Labute approximate surface area is 139 Å². The molecule has 0 spiro atoms. The van der Waals surface area contributed by atoms with E-state index in [0.717, 1.165) is 22.6 Å². The molecular formula is C17H18N2O5. The van der Waals surface area contributed by atoms with Gasteiger partial charge in [-0.1, -0.05) is 0 Å². The number of aromatic nitrogens is 1. The molecule has 0 saturated heterocycles. The van der Waals surface area contributed by atoms with Crippen LogP contribution in [0.15, 0.2) is 24.4 Å². The van der Waals surface area contributed by atoms with E-state index >= 15 is 0 Å². The van der Waals surface area contributed by atoms with Crippen molar-refractivity contribution in [2.45, 2.75) is 20.4 Å². The van der Waals surface area contributed by atoms with Crippen molar-refractivity contribution in [1.82, 2.24) is 10.3 Å². The summed E-state index contributed by atoms with van der Waals surface area (Å²) in [6.45, 7) is 4.24. The molecule has 7 nitrogen and oxygen atoms in total. The number of fused-ring (bicyclic) bond motifs is 1. The zero-order valence-electron chi connectivity index (χ0n) is 13.7. The van der Waals surface area contributed by atoms with E-state index in [-0.39, 0.29) is 13.3 Å². The number of ether oxygens (including phenoxy) is 4. The number of nitrogens with zero attached hydrogens (tertiary/aromatic N) is 1. The van der Waals surface area contributed by atoms with Crippen molar-refractivity contribution in [3.8, 4) is 23.0 Å². The second-order valence-corrected chi connectivity index (χ2v) is 5.30. The number of pyridine rings is 1. The first-order chi connectivity index (χ1) is 11.6. The van der Waals surface area contributed by atoms with Crippen molar-refractivity contribution in [3.05, 3.63) is 41.2 Å². The number of amides is 1. The van der Waals surface area contributed by atoms with Crippen LogP contribution in [0.1, 0.15) is 16.8 Å². The number of hydrogen-bond donors (Lipinski definition) is 1. The van der Waals surface area contributed by atoms with Crippen LogP contribution in [0.5, 0.6) is 23.0 Å². The van der Waals surface area contributed by atoms with E-state index in [4.69, 9.17) is 18.9 Å². The number of aryl methyl sites for hydroxylation is 1. The van der Waals surface area contributed by atoms with Crippen LogP contribution >= 0.6 is 0 Å². The number of rotatable bonds is 4. The SMILES string of the molecule is COc1c(C)cnc(CNC(=O)Oc2ccc3c(c2)OCO3)c1C. The lowest BCUT2D eigenvalue weighted by Crippen LogP contribution is -2.27. The number of benzene rings is 1. The van der Waals surface area contributed by atoms with Gasteiger partial charge >= 0.3 is 6.09 Å². The van der Waals surface area contributed by atoms with Gasteiger partial charge in [0, 0.05) is 23.4 Å². The zero-order chi connectivity index (χ0) is 17.1. The minimum atomic E-state index is -0.574. The molecule has 24 heavy (non-hydrogen) atoms. The molecular weight excluding hydrogens is 312 g/mol.